The number of thiophene rings is 1. The highest BCUT2D eigenvalue weighted by atomic mass is 32.1. The maximum atomic E-state index is 4.44. The molecule has 0 N–H and O–H groups in total. The molecule has 0 aliphatic rings. The van der Waals surface area contributed by atoms with Gasteiger partial charge in [0.05, 0.1) is 5.69 Å². The topological polar surface area (TPSA) is 12.9 Å². The molecule has 2 aromatic heterocycles. The quantitative estimate of drug-likeness (QED) is 0.575. The van der Waals surface area contributed by atoms with E-state index in [1.807, 2.05) is 43.5 Å². The predicted octanol–water partition coefficient (Wildman–Crippen LogP) is 5.30. The summed E-state index contributed by atoms with van der Waals surface area (Å²) in [4.78, 5) is 5.77. The van der Waals surface area contributed by atoms with Gasteiger partial charge in [-0.05, 0) is 25.1 Å². The van der Waals surface area contributed by atoms with Crippen molar-refractivity contribution in [3.63, 3.8) is 0 Å². The van der Waals surface area contributed by atoms with Gasteiger partial charge in [0.2, 0.25) is 0 Å². The van der Waals surface area contributed by atoms with E-state index in [1.54, 1.807) is 0 Å². The molecule has 3 rings (SSSR count). The summed E-state index contributed by atoms with van der Waals surface area (Å²) in [6, 6.07) is 14.6. The number of aromatic nitrogens is 1. The second kappa shape index (κ2) is 5.78. The Morgan fingerprint density at radius 1 is 0.944 bits per heavy atom. The summed E-state index contributed by atoms with van der Waals surface area (Å²) in [5, 5.41) is 1.31. The van der Waals surface area contributed by atoms with E-state index in [0.29, 0.717) is 0 Å². The Hall–Kier alpha value is -1.67. The molecule has 0 saturated heterocycles. The van der Waals surface area contributed by atoms with Crippen LogP contribution >= 0.6 is 11.3 Å². The van der Waals surface area contributed by atoms with Crippen LogP contribution < -0.4 is 0 Å². The van der Waals surface area contributed by atoms with Gasteiger partial charge in [-0.1, -0.05) is 38.1 Å². The van der Waals surface area contributed by atoms with Crippen LogP contribution in [0.25, 0.3) is 21.3 Å². The van der Waals surface area contributed by atoms with Gasteiger partial charge in [-0.3, -0.25) is 4.98 Å². The summed E-state index contributed by atoms with van der Waals surface area (Å²) in [6.45, 7) is 6.16. The summed E-state index contributed by atoms with van der Waals surface area (Å²) < 4.78 is 1.33. The van der Waals surface area contributed by atoms with E-state index in [0.717, 1.165) is 5.69 Å². The first-order valence-electron chi connectivity index (χ1n) is 6.26. The molecule has 1 nitrogen and oxygen atoms in total. The molecule has 2 heteroatoms. The fourth-order valence-electron chi connectivity index (χ4n) is 2.00. The van der Waals surface area contributed by atoms with E-state index in [4.69, 9.17) is 0 Å². The van der Waals surface area contributed by atoms with Crippen LogP contribution in [0.4, 0.5) is 0 Å². The van der Waals surface area contributed by atoms with Crippen molar-refractivity contribution in [2.24, 2.45) is 0 Å². The van der Waals surface area contributed by atoms with Gasteiger partial charge in [0.15, 0.2) is 0 Å². The van der Waals surface area contributed by atoms with Gasteiger partial charge in [-0.25, -0.2) is 0 Å². The van der Waals surface area contributed by atoms with Gasteiger partial charge in [0, 0.05) is 26.7 Å². The second-order valence-electron chi connectivity index (χ2n) is 3.74. The van der Waals surface area contributed by atoms with Gasteiger partial charge < -0.3 is 0 Å². The molecule has 18 heavy (non-hydrogen) atoms. The summed E-state index contributed by atoms with van der Waals surface area (Å²) >= 11 is 1.83. The zero-order valence-electron chi connectivity index (χ0n) is 11.0. The maximum Gasteiger partial charge on any atom is 0.0719 e. The highest BCUT2D eigenvalue weighted by molar-refractivity contribution is 7.19. The average Bonchev–Trinajstić information content (AvgIpc) is 2.78. The van der Waals surface area contributed by atoms with Crippen LogP contribution in [0.15, 0.2) is 48.7 Å². The molecule has 0 aliphatic heterocycles. The SMILES string of the molecule is CC.Cc1sc2ccccc2c1-c1ccccn1. The number of hydrogen-bond donors (Lipinski definition) is 0. The molecule has 1 aromatic carbocycles. The molecule has 3 aromatic rings. The van der Waals surface area contributed by atoms with E-state index in [9.17, 15) is 0 Å². The Kier molecular flexibility index (Phi) is 4.11. The molecule has 0 radical (unpaired) electrons. The third-order valence-corrected chi connectivity index (χ3v) is 3.78. The first kappa shape index (κ1) is 12.8. The Labute approximate surface area is 112 Å². The Balaban J connectivity index is 0.000000574. The lowest BCUT2D eigenvalue weighted by molar-refractivity contribution is 1.33. The normalized spacial score (nSPS) is 9.94. The van der Waals surface area contributed by atoms with Gasteiger partial charge in [-0.2, -0.15) is 0 Å². The number of fused-ring (bicyclic) bond motifs is 1. The van der Waals surface area contributed by atoms with E-state index >= 15 is 0 Å². The highest BCUT2D eigenvalue weighted by Crippen LogP contribution is 2.36. The molecule has 0 atom stereocenters. The van der Waals surface area contributed by atoms with Crippen molar-refractivity contribution < 1.29 is 0 Å². The van der Waals surface area contributed by atoms with Crippen molar-refractivity contribution >= 4 is 21.4 Å². The minimum atomic E-state index is 1.07. The molecular weight excluding hydrogens is 238 g/mol. The number of nitrogens with zero attached hydrogens (tertiary/aromatic N) is 1. The molecule has 0 saturated carbocycles. The Morgan fingerprint density at radius 2 is 1.67 bits per heavy atom. The number of rotatable bonds is 1. The second-order valence-corrected chi connectivity index (χ2v) is 5.00. The van der Waals surface area contributed by atoms with Gasteiger partial charge in [-0.15, -0.1) is 11.3 Å². The fourth-order valence-corrected chi connectivity index (χ4v) is 3.07. The van der Waals surface area contributed by atoms with Crippen LogP contribution in [0.5, 0.6) is 0 Å². The molecular formula is C16H17NS. The van der Waals surface area contributed by atoms with E-state index < -0.39 is 0 Å². The maximum absolute atomic E-state index is 4.44. The average molecular weight is 255 g/mol. The Bertz CT molecular complexity index is 626. The minimum Gasteiger partial charge on any atom is -0.256 e. The highest BCUT2D eigenvalue weighted by Gasteiger charge is 2.10. The third-order valence-electron chi connectivity index (χ3n) is 2.69. The summed E-state index contributed by atoms with van der Waals surface area (Å²) in [6.07, 6.45) is 1.85. The Morgan fingerprint density at radius 3 is 2.39 bits per heavy atom. The van der Waals surface area contributed by atoms with Gasteiger partial charge >= 0.3 is 0 Å². The van der Waals surface area contributed by atoms with Crippen molar-refractivity contribution in [2.75, 3.05) is 0 Å². The van der Waals surface area contributed by atoms with Crippen molar-refractivity contribution in [1.82, 2.24) is 4.98 Å². The van der Waals surface area contributed by atoms with Crippen LogP contribution in [-0.4, -0.2) is 4.98 Å². The van der Waals surface area contributed by atoms with E-state index in [2.05, 4.69) is 42.2 Å². The number of pyridine rings is 1. The smallest absolute Gasteiger partial charge is 0.0719 e. The predicted molar refractivity (Wildman–Crippen MR) is 81.1 cm³/mol. The molecule has 0 unspecified atom stereocenters. The summed E-state index contributed by atoms with van der Waals surface area (Å²) in [5.41, 5.74) is 2.35. The lowest BCUT2D eigenvalue weighted by Gasteiger charge is -1.99. The van der Waals surface area contributed by atoms with E-state index in [1.165, 1.54) is 20.5 Å². The van der Waals surface area contributed by atoms with Gasteiger partial charge in [0.1, 0.15) is 0 Å². The summed E-state index contributed by atoms with van der Waals surface area (Å²) in [7, 11) is 0. The molecule has 2 heterocycles. The molecule has 0 amide bonds. The third kappa shape index (κ3) is 2.29. The van der Waals surface area contributed by atoms with E-state index in [-0.39, 0.29) is 0 Å². The lowest BCUT2D eigenvalue weighted by Crippen LogP contribution is -1.81. The fraction of sp³-hybridized carbons (Fsp3) is 0.188. The number of aryl methyl sites for hydroxylation is 1. The van der Waals surface area contributed by atoms with Crippen molar-refractivity contribution in [3.05, 3.63) is 53.5 Å². The molecule has 0 fully saturated rings. The lowest BCUT2D eigenvalue weighted by atomic mass is 10.1. The standard InChI is InChI=1S/C14H11NS.C2H6/c1-10-14(12-7-4-5-9-15-12)11-6-2-3-8-13(11)16-10;1-2/h2-9H,1H3;1-2H3. The van der Waals surface area contributed by atoms with Crippen molar-refractivity contribution in [3.8, 4) is 11.3 Å². The summed E-state index contributed by atoms with van der Waals surface area (Å²) in [5.74, 6) is 0. The van der Waals surface area contributed by atoms with Crippen LogP contribution in [0.3, 0.4) is 0 Å². The molecule has 0 spiro atoms. The molecule has 0 aliphatic carbocycles. The molecule has 0 bridgehead atoms. The minimum absolute atomic E-state index is 1.07. The van der Waals surface area contributed by atoms with Crippen LogP contribution in [0.2, 0.25) is 0 Å². The van der Waals surface area contributed by atoms with Gasteiger partial charge in [0.25, 0.3) is 0 Å². The van der Waals surface area contributed by atoms with Crippen molar-refractivity contribution in [1.29, 1.82) is 0 Å². The number of hydrogen-bond acceptors (Lipinski definition) is 2. The largest absolute Gasteiger partial charge is 0.256 e. The first-order valence-corrected chi connectivity index (χ1v) is 7.07. The number of benzene rings is 1. The van der Waals surface area contributed by atoms with Crippen LogP contribution in [0.1, 0.15) is 18.7 Å². The zero-order valence-corrected chi connectivity index (χ0v) is 11.8. The zero-order chi connectivity index (χ0) is 13.0. The van der Waals surface area contributed by atoms with Crippen LogP contribution in [0, 0.1) is 6.92 Å². The van der Waals surface area contributed by atoms with Crippen molar-refractivity contribution in [2.45, 2.75) is 20.8 Å². The monoisotopic (exact) mass is 255 g/mol. The first-order chi connectivity index (χ1) is 8.86. The molecule has 92 valence electrons. The van der Waals surface area contributed by atoms with Crippen LogP contribution in [-0.2, 0) is 0 Å².